The minimum absolute atomic E-state index is 0.0822. The van der Waals surface area contributed by atoms with Crippen molar-refractivity contribution in [2.75, 3.05) is 32.3 Å². The Hall–Kier alpha value is -3.30. The fourth-order valence-corrected chi connectivity index (χ4v) is 13.9. The molecule has 11 atom stereocenters. The first-order valence-electron chi connectivity index (χ1n) is 23.5. The first-order valence-corrected chi connectivity index (χ1v) is 26.0. The highest BCUT2D eigenvalue weighted by Crippen LogP contribution is 2.74. The van der Waals surface area contributed by atoms with Gasteiger partial charge in [-0.3, -0.25) is 23.4 Å². The summed E-state index contributed by atoms with van der Waals surface area (Å²) >= 11 is 0.348. The van der Waals surface area contributed by atoms with Crippen LogP contribution in [-0.4, -0.2) is 77.8 Å². The van der Waals surface area contributed by atoms with E-state index in [0.717, 1.165) is 70.8 Å². The number of carbonyl (C=O) groups is 3. The van der Waals surface area contributed by atoms with E-state index in [1.807, 2.05) is 6.07 Å². The molecule has 66 heavy (non-hydrogen) atoms. The molecule has 3 fully saturated rings. The Morgan fingerprint density at radius 2 is 1.77 bits per heavy atom. The summed E-state index contributed by atoms with van der Waals surface area (Å²) in [7, 11) is -4.69. The van der Waals surface area contributed by atoms with Crippen molar-refractivity contribution in [3.8, 4) is 5.75 Å². The van der Waals surface area contributed by atoms with Crippen molar-refractivity contribution in [3.63, 3.8) is 0 Å². The molecule has 7 rings (SSSR count). The van der Waals surface area contributed by atoms with Gasteiger partial charge in [0, 0.05) is 54.4 Å². The van der Waals surface area contributed by atoms with Gasteiger partial charge >= 0.3 is 13.8 Å². The van der Waals surface area contributed by atoms with Gasteiger partial charge in [0.05, 0.1) is 12.7 Å². The van der Waals surface area contributed by atoms with Crippen molar-refractivity contribution in [1.82, 2.24) is 5.32 Å². The van der Waals surface area contributed by atoms with Crippen LogP contribution in [-0.2, 0) is 50.5 Å². The zero-order valence-corrected chi connectivity index (χ0v) is 40.2. The number of unbranched alkanes of at least 4 members (excludes halogenated alkanes) is 4. The van der Waals surface area contributed by atoms with Crippen LogP contribution in [0.25, 0.3) is 0 Å². The fourth-order valence-electron chi connectivity index (χ4n) is 11.7. The summed E-state index contributed by atoms with van der Waals surface area (Å²) < 4.78 is 94.0. The maximum absolute atomic E-state index is 19.0. The van der Waals surface area contributed by atoms with Crippen molar-refractivity contribution in [2.24, 2.45) is 28.6 Å². The van der Waals surface area contributed by atoms with E-state index < -0.39 is 95.4 Å². The molecule has 0 amide bonds. The molecular weight excluding hydrogens is 895 g/mol. The first kappa shape index (κ1) is 50.6. The van der Waals surface area contributed by atoms with Gasteiger partial charge in [-0.25, -0.2) is 17.7 Å². The van der Waals surface area contributed by atoms with Gasteiger partial charge in [0.25, 0.3) is 0 Å². The number of thioether (sulfide) groups is 1. The van der Waals surface area contributed by atoms with Gasteiger partial charge in [-0.05, 0) is 123 Å². The number of phosphoric ester groups is 1. The van der Waals surface area contributed by atoms with Gasteiger partial charge in [0.1, 0.15) is 24.0 Å². The van der Waals surface area contributed by atoms with Crippen LogP contribution >= 0.6 is 19.6 Å². The lowest BCUT2D eigenvalue weighted by Crippen LogP contribution is -2.71. The lowest BCUT2D eigenvalue weighted by Gasteiger charge is -2.63. The number of alkyl halides is 3. The summed E-state index contributed by atoms with van der Waals surface area (Å²) in [6.45, 7) is 8.65. The Morgan fingerprint density at radius 3 is 2.52 bits per heavy atom. The summed E-state index contributed by atoms with van der Waals surface area (Å²) in [6.07, 6.45) is 5.77. The number of allylic oxidation sites excluding steroid dienone is 4. The number of aliphatic hydroxyl groups is 1. The van der Waals surface area contributed by atoms with Crippen molar-refractivity contribution >= 4 is 36.5 Å². The largest absolute Gasteiger partial charge is 0.530 e. The normalized spacial score (nSPS) is 33.7. The van der Waals surface area contributed by atoms with E-state index in [1.54, 1.807) is 32.9 Å². The highest BCUT2D eigenvalue weighted by Gasteiger charge is 2.79. The van der Waals surface area contributed by atoms with Gasteiger partial charge in [0.15, 0.2) is 17.1 Å². The molecule has 2 aromatic rings. The number of benzene rings is 2. The second-order valence-corrected chi connectivity index (χ2v) is 21.5. The Balaban J connectivity index is 0.992. The van der Waals surface area contributed by atoms with Gasteiger partial charge in [-0.2, -0.15) is 0 Å². The fraction of sp³-hybridized carbons (Fsp3) is 0.620. The number of phosphoric acid groups is 1. The van der Waals surface area contributed by atoms with Crippen LogP contribution in [0, 0.1) is 28.6 Å². The van der Waals surface area contributed by atoms with Crippen LogP contribution in [0.2, 0.25) is 0 Å². The first-order chi connectivity index (χ1) is 31.5. The maximum Gasteiger partial charge on any atom is 0.530 e. The zero-order chi connectivity index (χ0) is 47.3. The predicted molar refractivity (Wildman–Crippen MR) is 246 cm³/mol. The van der Waals surface area contributed by atoms with E-state index in [0.29, 0.717) is 29.4 Å². The number of esters is 1. The molecule has 0 spiro atoms. The maximum atomic E-state index is 19.0. The molecule has 3 saturated carbocycles. The standard InChI is InChI=1S/C50H65F3NO10PS/c1-5-45(57)62-50(46(58)66-32-51)33(2)25-38-39-28-41(52)40-27-37(55)20-21-47(40,3)49(39,53)44(29-48(38,50)4)64-65(59)61-31-36-26-35(18-19-43(36)63-65)42(56)30-54-22-12-6-7-13-23-60-24-14-11-17-34-15-9-8-10-16-34/h8-10,15-16,18-21,26-27,33,38-39,41-42,44,54,56H,5-7,11-14,17,22-25,28-32H2,1-4H3/t33-,38?,39?,41+,42+,44+,47+,48+,49+,50+,65?/m1/s1. The van der Waals surface area contributed by atoms with E-state index >= 15 is 8.78 Å². The van der Waals surface area contributed by atoms with Crippen molar-refractivity contribution in [1.29, 1.82) is 0 Å². The molecule has 3 unspecified atom stereocenters. The SMILES string of the molecule is CCC(=O)O[C@]1(C(=O)SCF)[C@H](C)CC2C3C[C@H](F)C4=CC(=O)C=C[C@]4(C)[C@@]3(F)[C@@H](OP3(=O)OCc4cc([C@@H](O)CNCCCCCCOCCCCc5ccccc5)ccc4O3)C[C@@]21C. The molecule has 1 heterocycles. The van der Waals surface area contributed by atoms with E-state index in [4.69, 9.17) is 23.0 Å². The molecule has 0 radical (unpaired) electrons. The third kappa shape index (κ3) is 9.78. The minimum atomic E-state index is -4.69. The van der Waals surface area contributed by atoms with Gasteiger partial charge in [-0.15, -0.1) is 0 Å². The molecule has 362 valence electrons. The number of fused-ring (bicyclic) bond motifs is 6. The topological polar surface area (TPSA) is 147 Å². The summed E-state index contributed by atoms with van der Waals surface area (Å²) in [5, 5.41) is 13.6. The molecule has 0 bridgehead atoms. The number of aliphatic hydroxyl groups excluding tert-OH is 1. The molecule has 2 aromatic carbocycles. The Morgan fingerprint density at radius 1 is 1.03 bits per heavy atom. The van der Waals surface area contributed by atoms with Crippen molar-refractivity contribution in [2.45, 2.75) is 135 Å². The Bertz CT molecular complexity index is 2180. The van der Waals surface area contributed by atoms with Crippen LogP contribution in [0.4, 0.5) is 13.2 Å². The second kappa shape index (κ2) is 21.1. The molecule has 16 heteroatoms. The van der Waals surface area contributed by atoms with E-state index in [2.05, 4.69) is 29.6 Å². The number of aryl methyl sites for hydroxylation is 1. The van der Waals surface area contributed by atoms with Crippen LogP contribution in [0.3, 0.4) is 0 Å². The third-order valence-corrected chi connectivity index (χ3v) is 17.1. The van der Waals surface area contributed by atoms with Crippen LogP contribution in [0.15, 0.2) is 72.3 Å². The predicted octanol–water partition coefficient (Wildman–Crippen LogP) is 10.4. The molecule has 2 N–H and O–H groups in total. The third-order valence-electron chi connectivity index (χ3n) is 15.1. The number of ether oxygens (including phenoxy) is 2. The molecule has 4 aliphatic carbocycles. The highest BCUT2D eigenvalue weighted by atomic mass is 32.2. The zero-order valence-electron chi connectivity index (χ0n) is 38.4. The number of hydrogen-bond donors (Lipinski definition) is 2. The number of ketones is 1. The summed E-state index contributed by atoms with van der Waals surface area (Å²) in [6, 6.07) is 14.2. The highest BCUT2D eigenvalue weighted by molar-refractivity contribution is 8.13. The number of hydrogen-bond acceptors (Lipinski definition) is 12. The van der Waals surface area contributed by atoms with Crippen molar-refractivity contribution < 1.29 is 60.3 Å². The lowest BCUT2D eigenvalue weighted by molar-refractivity contribution is -0.226. The van der Waals surface area contributed by atoms with E-state index in [1.165, 1.54) is 30.7 Å². The molecular formula is C50H65F3NO10PS. The summed E-state index contributed by atoms with van der Waals surface area (Å²) in [5.74, 6) is -3.84. The van der Waals surface area contributed by atoms with Gasteiger partial charge < -0.3 is 24.4 Å². The van der Waals surface area contributed by atoms with Gasteiger partial charge in [0.2, 0.25) is 5.12 Å². The molecule has 5 aliphatic rings. The lowest BCUT2D eigenvalue weighted by atomic mass is 9.44. The number of rotatable bonds is 21. The monoisotopic (exact) mass is 959 g/mol. The van der Waals surface area contributed by atoms with E-state index in [-0.39, 0.29) is 37.2 Å². The number of halogens is 3. The molecule has 11 nitrogen and oxygen atoms in total. The van der Waals surface area contributed by atoms with Crippen LogP contribution < -0.4 is 9.84 Å². The van der Waals surface area contributed by atoms with E-state index in [9.17, 15) is 28.4 Å². The second-order valence-electron chi connectivity index (χ2n) is 19.0. The minimum Gasteiger partial charge on any atom is -0.449 e. The smallest absolute Gasteiger partial charge is 0.449 e. The molecule has 0 aromatic heterocycles. The van der Waals surface area contributed by atoms with Crippen LogP contribution in [0.1, 0.15) is 115 Å². The number of carbonyl (C=O) groups excluding carboxylic acids is 3. The Labute approximate surface area is 391 Å². The average molecular weight is 960 g/mol. The Kier molecular flexibility index (Phi) is 16.2. The van der Waals surface area contributed by atoms with Gasteiger partial charge in [-0.1, -0.05) is 76.1 Å². The molecule has 0 saturated heterocycles. The summed E-state index contributed by atoms with van der Waals surface area (Å²) in [5.41, 5.74) is -5.44. The number of nitrogens with one attached hydrogen (secondary N) is 1. The summed E-state index contributed by atoms with van der Waals surface area (Å²) in [4.78, 5) is 39.9. The van der Waals surface area contributed by atoms with Crippen LogP contribution in [0.5, 0.6) is 5.75 Å². The van der Waals surface area contributed by atoms with Crippen molar-refractivity contribution in [3.05, 3.63) is 89.0 Å². The average Bonchev–Trinajstić information content (AvgIpc) is 3.51. The molecule has 1 aliphatic heterocycles. The quantitative estimate of drug-likeness (QED) is 0.0697.